The van der Waals surface area contributed by atoms with Crippen molar-refractivity contribution >= 4 is 23.1 Å². The number of hydrogen-bond acceptors (Lipinski definition) is 6. The first-order valence-electron chi connectivity index (χ1n) is 9.82. The van der Waals surface area contributed by atoms with Gasteiger partial charge in [0, 0.05) is 6.07 Å². The number of aliphatic hydroxyl groups is 1. The van der Waals surface area contributed by atoms with Crippen LogP contribution in [0.15, 0.2) is 58.5 Å². The van der Waals surface area contributed by atoms with Crippen LogP contribution < -0.4 is 14.4 Å². The Morgan fingerprint density at radius 3 is 2.27 bits per heavy atom. The number of methoxy groups -OCH3 is 2. The molecule has 170 valence electrons. The van der Waals surface area contributed by atoms with Gasteiger partial charge in [-0.15, -0.1) is 0 Å². The highest BCUT2D eigenvalue weighted by Crippen LogP contribution is 2.46. The number of halogens is 2. The number of furan rings is 1. The number of aryl methyl sites for hydroxylation is 1. The van der Waals surface area contributed by atoms with E-state index in [2.05, 4.69) is 0 Å². The highest BCUT2D eigenvalue weighted by molar-refractivity contribution is 6.51. The normalized spacial score (nSPS) is 17.5. The molecule has 1 aliphatic heterocycles. The van der Waals surface area contributed by atoms with Crippen LogP contribution in [-0.2, 0) is 9.59 Å². The van der Waals surface area contributed by atoms with Gasteiger partial charge in [0.05, 0.1) is 25.5 Å². The van der Waals surface area contributed by atoms with Crippen LogP contribution >= 0.6 is 0 Å². The summed E-state index contributed by atoms with van der Waals surface area (Å²) in [6.07, 6.45) is 0. The summed E-state index contributed by atoms with van der Waals surface area (Å²) in [5.74, 6) is -3.75. The predicted molar refractivity (Wildman–Crippen MR) is 114 cm³/mol. The van der Waals surface area contributed by atoms with Gasteiger partial charge in [-0.1, -0.05) is 6.07 Å². The Labute approximate surface area is 187 Å². The van der Waals surface area contributed by atoms with Crippen molar-refractivity contribution in [1.82, 2.24) is 0 Å². The number of carbonyl (C=O) groups is 2. The minimum atomic E-state index is -1.37. The largest absolute Gasteiger partial charge is 0.506 e. The number of Topliss-reactive ketones (excluding diaryl/α,β-unsaturated/α-hetero) is 1. The number of ketones is 1. The van der Waals surface area contributed by atoms with Gasteiger partial charge < -0.3 is 19.0 Å². The molecule has 0 spiro atoms. The summed E-state index contributed by atoms with van der Waals surface area (Å²) in [6.45, 7) is 1.64. The maximum Gasteiger partial charge on any atom is 0.300 e. The van der Waals surface area contributed by atoms with Gasteiger partial charge >= 0.3 is 0 Å². The Hall–Kier alpha value is -4.14. The van der Waals surface area contributed by atoms with Gasteiger partial charge in [-0.05, 0) is 43.3 Å². The number of hydrogen-bond donors (Lipinski definition) is 1. The molecule has 0 saturated carbocycles. The molecule has 9 heteroatoms. The monoisotopic (exact) mass is 455 g/mol. The summed E-state index contributed by atoms with van der Waals surface area (Å²) in [6, 6.07) is 8.92. The van der Waals surface area contributed by atoms with E-state index in [0.717, 1.165) is 23.1 Å². The first-order valence-corrected chi connectivity index (χ1v) is 9.82. The summed E-state index contributed by atoms with van der Waals surface area (Å²) in [5, 5.41) is 11.3. The van der Waals surface area contributed by atoms with E-state index in [9.17, 15) is 23.5 Å². The van der Waals surface area contributed by atoms with Crippen LogP contribution in [-0.4, -0.2) is 31.0 Å². The third-order valence-electron chi connectivity index (χ3n) is 5.31. The summed E-state index contributed by atoms with van der Waals surface area (Å²) < 4.78 is 44.9. The topological polar surface area (TPSA) is 89.2 Å². The van der Waals surface area contributed by atoms with Gasteiger partial charge in [-0.2, -0.15) is 0 Å². The first-order chi connectivity index (χ1) is 15.8. The molecule has 1 amide bonds. The van der Waals surface area contributed by atoms with Crippen LogP contribution in [0.5, 0.6) is 11.5 Å². The zero-order chi connectivity index (χ0) is 23.9. The van der Waals surface area contributed by atoms with Crippen LogP contribution in [0, 0.1) is 18.6 Å². The van der Waals surface area contributed by atoms with E-state index in [1.807, 2.05) is 0 Å². The zero-order valence-electron chi connectivity index (χ0n) is 17.9. The average Bonchev–Trinajstić information content (AvgIpc) is 3.35. The highest BCUT2D eigenvalue weighted by Gasteiger charge is 2.49. The molecule has 1 aromatic heterocycles. The molecule has 2 aromatic carbocycles. The van der Waals surface area contributed by atoms with Gasteiger partial charge in [0.2, 0.25) is 0 Å². The molecule has 33 heavy (non-hydrogen) atoms. The number of anilines is 1. The second-order valence-corrected chi connectivity index (χ2v) is 7.25. The summed E-state index contributed by atoms with van der Waals surface area (Å²) >= 11 is 0. The van der Waals surface area contributed by atoms with Gasteiger partial charge in [-0.3, -0.25) is 14.5 Å². The van der Waals surface area contributed by atoms with Crippen LogP contribution in [0.25, 0.3) is 5.76 Å². The Bertz CT molecular complexity index is 1270. The lowest BCUT2D eigenvalue weighted by Crippen LogP contribution is -2.30. The number of carbonyl (C=O) groups excluding carboxylic acids is 2. The number of benzene rings is 2. The Morgan fingerprint density at radius 2 is 1.70 bits per heavy atom. The molecule has 0 aliphatic carbocycles. The number of aliphatic hydroxyl groups excluding tert-OH is 1. The molecule has 0 bridgehead atoms. The number of nitrogens with zero attached hydrogens (tertiary/aromatic N) is 1. The molecule has 1 fully saturated rings. The van der Waals surface area contributed by atoms with Crippen molar-refractivity contribution in [2.45, 2.75) is 13.0 Å². The van der Waals surface area contributed by atoms with E-state index < -0.39 is 40.8 Å². The van der Waals surface area contributed by atoms with Crippen molar-refractivity contribution in [3.8, 4) is 11.5 Å². The number of amides is 1. The molecule has 1 unspecified atom stereocenters. The van der Waals surface area contributed by atoms with Gasteiger partial charge in [0.25, 0.3) is 11.7 Å². The summed E-state index contributed by atoms with van der Waals surface area (Å²) in [4.78, 5) is 27.0. The van der Waals surface area contributed by atoms with Crippen LogP contribution in [0.4, 0.5) is 14.5 Å². The number of rotatable bonds is 5. The fourth-order valence-corrected chi connectivity index (χ4v) is 3.84. The molecule has 4 rings (SSSR count). The molecular weight excluding hydrogens is 436 g/mol. The summed E-state index contributed by atoms with van der Waals surface area (Å²) in [7, 11) is 2.72. The smallest absolute Gasteiger partial charge is 0.300 e. The van der Waals surface area contributed by atoms with Crippen molar-refractivity contribution in [3.63, 3.8) is 0 Å². The van der Waals surface area contributed by atoms with Crippen LogP contribution in [0.2, 0.25) is 0 Å². The van der Waals surface area contributed by atoms with Gasteiger partial charge in [0.15, 0.2) is 0 Å². The first kappa shape index (κ1) is 22.1. The van der Waals surface area contributed by atoms with E-state index in [4.69, 9.17) is 13.9 Å². The highest BCUT2D eigenvalue weighted by atomic mass is 19.1. The molecule has 7 nitrogen and oxygen atoms in total. The van der Waals surface area contributed by atoms with Crippen molar-refractivity contribution in [1.29, 1.82) is 0 Å². The van der Waals surface area contributed by atoms with E-state index in [0.29, 0.717) is 5.76 Å². The third kappa shape index (κ3) is 3.61. The molecule has 3 aromatic rings. The van der Waals surface area contributed by atoms with Crippen molar-refractivity contribution in [3.05, 3.63) is 82.8 Å². The zero-order valence-corrected chi connectivity index (χ0v) is 17.9. The number of ether oxygens (including phenoxy) is 2. The second-order valence-electron chi connectivity index (χ2n) is 7.25. The van der Waals surface area contributed by atoms with Crippen molar-refractivity contribution < 1.29 is 37.4 Å². The minimum absolute atomic E-state index is 0.0218. The molecular formula is C24H19F2NO6. The standard InChI is InChI=1S/C24H19F2NO6/c1-12-7-10-18(33-12)21-20(22(28)19-16(31-2)5-4-6-17(19)32-3)23(29)24(30)27(21)15-11-13(25)8-9-14(15)26/h4-11,21,28H,1-3H3/b22-20+. The van der Waals surface area contributed by atoms with E-state index in [1.54, 1.807) is 19.1 Å². The summed E-state index contributed by atoms with van der Waals surface area (Å²) in [5.41, 5.74) is -0.837. The van der Waals surface area contributed by atoms with Gasteiger partial charge in [0.1, 0.15) is 52.0 Å². The molecule has 1 saturated heterocycles. The van der Waals surface area contributed by atoms with Crippen molar-refractivity contribution in [2.24, 2.45) is 0 Å². The Balaban J connectivity index is 2.03. The van der Waals surface area contributed by atoms with Crippen LogP contribution in [0.3, 0.4) is 0 Å². The second kappa shape index (κ2) is 8.42. The van der Waals surface area contributed by atoms with Crippen LogP contribution in [0.1, 0.15) is 23.1 Å². The van der Waals surface area contributed by atoms with E-state index >= 15 is 0 Å². The minimum Gasteiger partial charge on any atom is -0.506 e. The Morgan fingerprint density at radius 1 is 1.03 bits per heavy atom. The predicted octanol–water partition coefficient (Wildman–Crippen LogP) is 4.51. The lowest BCUT2D eigenvalue weighted by atomic mass is 9.98. The Kier molecular flexibility index (Phi) is 5.63. The lowest BCUT2D eigenvalue weighted by Gasteiger charge is -2.24. The molecule has 1 aliphatic rings. The molecule has 2 heterocycles. The maximum atomic E-state index is 14.7. The van der Waals surface area contributed by atoms with E-state index in [-0.39, 0.29) is 28.4 Å². The lowest BCUT2D eigenvalue weighted by molar-refractivity contribution is -0.132. The SMILES string of the molecule is COc1cccc(OC)c1/C(O)=C1\C(=O)C(=O)N(c2cc(F)ccc2F)C1c1ccc(C)o1. The molecule has 1 N–H and O–H groups in total. The van der Waals surface area contributed by atoms with Crippen molar-refractivity contribution in [2.75, 3.05) is 19.1 Å². The molecule has 0 radical (unpaired) electrons. The van der Waals surface area contributed by atoms with Gasteiger partial charge in [-0.25, -0.2) is 8.78 Å². The van der Waals surface area contributed by atoms with E-state index in [1.165, 1.54) is 32.4 Å². The third-order valence-corrected chi connectivity index (χ3v) is 5.31. The fourth-order valence-electron chi connectivity index (χ4n) is 3.84. The fraction of sp³-hybridized carbons (Fsp3) is 0.167. The quantitative estimate of drug-likeness (QED) is 0.346. The molecule has 1 atom stereocenters. The maximum absolute atomic E-state index is 14.7. The average molecular weight is 455 g/mol.